The van der Waals surface area contributed by atoms with E-state index < -0.39 is 0 Å². The highest BCUT2D eigenvalue weighted by Gasteiger charge is 2.13. The normalized spacial score (nSPS) is 18.9. The highest BCUT2D eigenvalue weighted by molar-refractivity contribution is 4.59. The first kappa shape index (κ1) is 30.7. The lowest BCUT2D eigenvalue weighted by atomic mass is 10.3. The van der Waals surface area contributed by atoms with Crippen molar-refractivity contribution in [3.63, 3.8) is 0 Å². The van der Waals surface area contributed by atoms with Crippen LogP contribution in [0, 0.1) is 0 Å². The summed E-state index contributed by atoms with van der Waals surface area (Å²) < 4.78 is 39.8. The molecule has 0 heterocycles. The lowest BCUT2D eigenvalue weighted by Gasteiger charge is -2.22. The van der Waals surface area contributed by atoms with Crippen molar-refractivity contribution < 1.29 is 38.3 Å². The summed E-state index contributed by atoms with van der Waals surface area (Å²) in [4.78, 5) is 0. The quantitative estimate of drug-likeness (QED) is 0.285. The van der Waals surface area contributed by atoms with Gasteiger partial charge < -0.3 is 38.3 Å². The Balaban J connectivity index is 3.79. The summed E-state index contributed by atoms with van der Waals surface area (Å²) in [5.41, 5.74) is 0. The van der Waals surface area contributed by atoms with Gasteiger partial charge in [0.1, 0.15) is 0 Å². The van der Waals surface area contributed by atoms with Crippen LogP contribution >= 0.6 is 0 Å². The van der Waals surface area contributed by atoms with Gasteiger partial charge in [0.2, 0.25) is 0 Å². The molecule has 1 N–H and O–H groups in total. The molecule has 0 spiro atoms. The summed E-state index contributed by atoms with van der Waals surface area (Å²) >= 11 is 0. The molecule has 0 bridgehead atoms. The van der Waals surface area contributed by atoms with Crippen LogP contribution in [0.25, 0.3) is 0 Å². The van der Waals surface area contributed by atoms with E-state index in [0.29, 0.717) is 46.2 Å². The largest absolute Gasteiger partial charge is 0.394 e. The molecule has 0 amide bonds. The van der Waals surface area contributed by atoms with Gasteiger partial charge in [-0.25, -0.2) is 0 Å². The minimum Gasteiger partial charge on any atom is -0.394 e. The van der Waals surface area contributed by atoms with Crippen molar-refractivity contribution in [3.8, 4) is 0 Å². The maximum Gasteiger partial charge on any atom is 0.0781 e. The zero-order valence-corrected chi connectivity index (χ0v) is 21.0. The van der Waals surface area contributed by atoms with Crippen LogP contribution in [0.3, 0.4) is 0 Å². The Morgan fingerprint density at radius 1 is 0.419 bits per heavy atom. The smallest absolute Gasteiger partial charge is 0.0781 e. The molecule has 7 atom stereocenters. The van der Waals surface area contributed by atoms with Crippen LogP contribution in [0.5, 0.6) is 0 Å². The number of aliphatic hydroxyl groups excluding tert-OH is 1. The third-order valence-corrected chi connectivity index (χ3v) is 4.40. The number of hydrogen-bond donors (Lipinski definition) is 1. The molecule has 31 heavy (non-hydrogen) atoms. The second-order valence-corrected chi connectivity index (χ2v) is 8.31. The van der Waals surface area contributed by atoms with Crippen molar-refractivity contribution >= 4 is 0 Å². The van der Waals surface area contributed by atoms with Crippen LogP contribution in [-0.4, -0.2) is 101 Å². The van der Waals surface area contributed by atoms with Gasteiger partial charge in [-0.3, -0.25) is 0 Å². The molecule has 0 aromatic carbocycles. The molecule has 0 saturated carbocycles. The van der Waals surface area contributed by atoms with Crippen molar-refractivity contribution in [2.24, 2.45) is 0 Å². The summed E-state index contributed by atoms with van der Waals surface area (Å²) in [6.45, 7) is 19.3. The Hall–Kier alpha value is -0.320. The molecule has 0 radical (unpaired) electrons. The van der Waals surface area contributed by atoms with Gasteiger partial charge >= 0.3 is 0 Å². The summed E-state index contributed by atoms with van der Waals surface area (Å²) in [7, 11) is 0. The van der Waals surface area contributed by atoms with Gasteiger partial charge in [-0.2, -0.15) is 0 Å². The molecule has 7 unspecified atom stereocenters. The predicted octanol–water partition coefficient (Wildman–Crippen LogP) is 2.83. The van der Waals surface area contributed by atoms with Crippen molar-refractivity contribution in [1.29, 1.82) is 0 Å². The van der Waals surface area contributed by atoms with Crippen LogP contribution < -0.4 is 0 Å². The van der Waals surface area contributed by atoms with Crippen LogP contribution in [0.2, 0.25) is 0 Å². The van der Waals surface area contributed by atoms with E-state index in [1.54, 1.807) is 0 Å². The van der Waals surface area contributed by atoms with Gasteiger partial charge in [-0.05, 0) is 55.4 Å². The van der Waals surface area contributed by atoms with Crippen LogP contribution in [0.4, 0.5) is 0 Å². The Labute approximate surface area is 189 Å². The van der Waals surface area contributed by atoms with E-state index >= 15 is 0 Å². The van der Waals surface area contributed by atoms with Crippen molar-refractivity contribution in [3.05, 3.63) is 0 Å². The first-order valence-corrected chi connectivity index (χ1v) is 11.6. The highest BCUT2D eigenvalue weighted by atomic mass is 16.6. The zero-order chi connectivity index (χ0) is 23.6. The van der Waals surface area contributed by atoms with Gasteiger partial charge in [0.05, 0.1) is 89.0 Å². The molecule has 8 nitrogen and oxygen atoms in total. The molecule has 0 aliphatic rings. The molecule has 0 rings (SSSR count). The first-order valence-electron chi connectivity index (χ1n) is 11.6. The van der Waals surface area contributed by atoms with E-state index in [9.17, 15) is 0 Å². The van der Waals surface area contributed by atoms with E-state index in [4.69, 9.17) is 38.3 Å². The van der Waals surface area contributed by atoms with Gasteiger partial charge in [-0.1, -0.05) is 0 Å². The predicted molar refractivity (Wildman–Crippen MR) is 121 cm³/mol. The van der Waals surface area contributed by atoms with Crippen LogP contribution in [0.1, 0.15) is 55.4 Å². The fourth-order valence-electron chi connectivity index (χ4n) is 2.42. The topological polar surface area (TPSA) is 84.8 Å². The van der Waals surface area contributed by atoms with E-state index in [1.165, 1.54) is 0 Å². The van der Waals surface area contributed by atoms with Crippen molar-refractivity contribution in [1.82, 2.24) is 0 Å². The molecular formula is C23H48O8. The molecule has 0 saturated heterocycles. The third-order valence-electron chi connectivity index (χ3n) is 4.40. The van der Waals surface area contributed by atoms with Gasteiger partial charge in [0.15, 0.2) is 0 Å². The molecular weight excluding hydrogens is 404 g/mol. The van der Waals surface area contributed by atoms with Crippen molar-refractivity contribution in [2.45, 2.75) is 98.1 Å². The van der Waals surface area contributed by atoms with Crippen molar-refractivity contribution in [2.75, 3.05) is 52.9 Å². The van der Waals surface area contributed by atoms with Crippen LogP contribution in [-0.2, 0) is 33.2 Å². The molecule has 0 aromatic rings. The minimum atomic E-state index is -0.177. The number of rotatable bonds is 21. The first-order chi connectivity index (χ1) is 14.7. The highest BCUT2D eigenvalue weighted by Crippen LogP contribution is 2.04. The average molecular weight is 453 g/mol. The fraction of sp³-hybridized carbons (Fsp3) is 1.00. The van der Waals surface area contributed by atoms with Gasteiger partial charge in [-0.15, -0.1) is 0 Å². The Morgan fingerprint density at radius 3 is 0.871 bits per heavy atom. The summed E-state index contributed by atoms with van der Waals surface area (Å²) in [5, 5.41) is 8.96. The maximum atomic E-state index is 8.96. The second-order valence-electron chi connectivity index (χ2n) is 8.31. The Kier molecular flexibility index (Phi) is 19.0. The van der Waals surface area contributed by atoms with E-state index in [1.807, 2.05) is 55.4 Å². The van der Waals surface area contributed by atoms with E-state index in [2.05, 4.69) is 0 Å². The summed E-state index contributed by atoms with van der Waals surface area (Å²) in [6, 6.07) is 0. The van der Waals surface area contributed by atoms with E-state index in [-0.39, 0.29) is 49.3 Å². The third kappa shape index (κ3) is 18.9. The Bertz CT molecular complexity index is 398. The maximum absolute atomic E-state index is 8.96. The van der Waals surface area contributed by atoms with Gasteiger partial charge in [0, 0.05) is 6.61 Å². The second kappa shape index (κ2) is 19.2. The lowest BCUT2D eigenvalue weighted by molar-refractivity contribution is -0.106. The van der Waals surface area contributed by atoms with Crippen LogP contribution in [0.15, 0.2) is 0 Å². The SMILES string of the molecule is CCOC(C)COC(C)COC(C)COC(C)COC(C)COC(C)COC(C)CO. The molecule has 0 aliphatic carbocycles. The molecule has 0 aliphatic heterocycles. The molecule has 188 valence electrons. The fourth-order valence-corrected chi connectivity index (χ4v) is 2.42. The standard InChI is InChI=1S/C23H48O8/c1-9-25-18(3)11-27-20(5)13-29-22(7)15-31-23(8)16-30-21(6)14-28-19(4)12-26-17(2)10-24/h17-24H,9-16H2,1-8H3. The van der Waals surface area contributed by atoms with E-state index in [0.717, 1.165) is 0 Å². The number of hydrogen-bond acceptors (Lipinski definition) is 8. The number of aliphatic hydroxyl groups is 1. The molecule has 8 heteroatoms. The molecule has 0 fully saturated rings. The minimum absolute atomic E-state index is 0.00612. The number of ether oxygens (including phenoxy) is 7. The summed E-state index contributed by atoms with van der Waals surface area (Å²) in [6.07, 6.45) is -0.250. The molecule has 0 aromatic heterocycles. The van der Waals surface area contributed by atoms with Gasteiger partial charge in [0.25, 0.3) is 0 Å². The Morgan fingerprint density at radius 2 is 0.645 bits per heavy atom. The average Bonchev–Trinajstić information content (AvgIpc) is 2.75. The monoisotopic (exact) mass is 452 g/mol. The lowest BCUT2D eigenvalue weighted by Crippen LogP contribution is -2.30. The zero-order valence-electron chi connectivity index (χ0n) is 21.0. The summed E-state index contributed by atoms with van der Waals surface area (Å²) in [5.74, 6) is 0.